The van der Waals surface area contributed by atoms with Crippen molar-refractivity contribution in [1.82, 2.24) is 0 Å². The quantitative estimate of drug-likeness (QED) is 0.557. The zero-order chi connectivity index (χ0) is 19.5. The lowest BCUT2D eigenvalue weighted by atomic mass is 9.97. The van der Waals surface area contributed by atoms with Crippen LogP contribution in [0.1, 0.15) is 43.2 Å². The molecule has 0 spiro atoms. The average Bonchev–Trinajstić information content (AvgIpc) is 3.06. The van der Waals surface area contributed by atoms with Crippen molar-refractivity contribution in [3.05, 3.63) is 35.4 Å². The summed E-state index contributed by atoms with van der Waals surface area (Å²) in [6, 6.07) is 2.80. The number of carbonyl (C=O) groups is 1. The zero-order valence-electron chi connectivity index (χ0n) is 14.6. The Morgan fingerprint density at radius 1 is 1.27 bits per heavy atom. The molecule has 0 aliphatic heterocycles. The second-order valence-corrected chi connectivity index (χ2v) is 8.46. The monoisotopic (exact) mass is 390 g/mol. The van der Waals surface area contributed by atoms with Crippen LogP contribution in [0.15, 0.2) is 29.2 Å². The molecule has 0 bridgehead atoms. The van der Waals surface area contributed by atoms with Crippen molar-refractivity contribution in [3.8, 4) is 0 Å². The Morgan fingerprint density at radius 2 is 1.88 bits per heavy atom. The molecule has 144 valence electrons. The van der Waals surface area contributed by atoms with E-state index in [4.69, 9.17) is 4.74 Å². The van der Waals surface area contributed by atoms with E-state index in [0.717, 1.165) is 38.9 Å². The maximum atomic E-state index is 13.3. The summed E-state index contributed by atoms with van der Waals surface area (Å²) in [5, 5.41) is 0. The fraction of sp³-hybridized carbons (Fsp3) is 0.500. The van der Waals surface area contributed by atoms with E-state index < -0.39 is 32.4 Å². The molecule has 0 heterocycles. The second-order valence-electron chi connectivity index (χ2n) is 6.48. The van der Waals surface area contributed by atoms with Crippen molar-refractivity contribution in [3.63, 3.8) is 0 Å². The highest BCUT2D eigenvalue weighted by Gasteiger charge is 2.36. The second kappa shape index (κ2) is 7.82. The third kappa shape index (κ3) is 4.87. The molecule has 1 fully saturated rings. The first kappa shape index (κ1) is 20.5. The summed E-state index contributed by atoms with van der Waals surface area (Å²) >= 11 is 0. The Kier molecular flexibility index (Phi) is 6.16. The SMILES string of the molecule is COC(=O)/C(=C/CC1CCCC1)c1ccc(S(C)(=O)=O)c(C(F)(F)F)c1. The van der Waals surface area contributed by atoms with Gasteiger partial charge in [0, 0.05) is 6.26 Å². The van der Waals surface area contributed by atoms with Gasteiger partial charge >= 0.3 is 12.1 Å². The first-order valence-corrected chi connectivity index (χ1v) is 10.1. The van der Waals surface area contributed by atoms with E-state index in [2.05, 4.69) is 0 Å². The minimum atomic E-state index is -4.86. The molecule has 1 aliphatic carbocycles. The first-order chi connectivity index (χ1) is 12.0. The van der Waals surface area contributed by atoms with Gasteiger partial charge in [0.05, 0.1) is 23.1 Å². The number of alkyl halides is 3. The number of hydrogen-bond donors (Lipinski definition) is 0. The minimum absolute atomic E-state index is 0.00503. The van der Waals surface area contributed by atoms with Crippen LogP contribution < -0.4 is 0 Å². The Labute approximate surface area is 151 Å². The Balaban J connectivity index is 2.51. The predicted molar refractivity (Wildman–Crippen MR) is 91.1 cm³/mol. The zero-order valence-corrected chi connectivity index (χ0v) is 15.4. The lowest BCUT2D eigenvalue weighted by molar-refractivity contribution is -0.140. The summed E-state index contributed by atoms with van der Waals surface area (Å²) in [5.74, 6) is -0.352. The van der Waals surface area contributed by atoms with Crippen LogP contribution in [0.2, 0.25) is 0 Å². The van der Waals surface area contributed by atoms with Crippen LogP contribution in [-0.4, -0.2) is 27.8 Å². The summed E-state index contributed by atoms with van der Waals surface area (Å²) in [6.45, 7) is 0. The van der Waals surface area contributed by atoms with Gasteiger partial charge in [-0.15, -0.1) is 0 Å². The molecule has 0 amide bonds. The van der Waals surface area contributed by atoms with E-state index in [9.17, 15) is 26.4 Å². The maximum absolute atomic E-state index is 13.3. The van der Waals surface area contributed by atoms with E-state index in [1.807, 2.05) is 0 Å². The molecule has 4 nitrogen and oxygen atoms in total. The molecule has 0 atom stereocenters. The normalized spacial score (nSPS) is 16.7. The van der Waals surface area contributed by atoms with Gasteiger partial charge in [-0.1, -0.05) is 37.8 Å². The number of allylic oxidation sites excluding steroid dienone is 1. The van der Waals surface area contributed by atoms with Gasteiger partial charge in [0.2, 0.25) is 0 Å². The summed E-state index contributed by atoms with van der Waals surface area (Å²) < 4.78 is 68.0. The molecule has 0 aromatic heterocycles. The first-order valence-electron chi connectivity index (χ1n) is 8.24. The highest BCUT2D eigenvalue weighted by atomic mass is 32.2. The highest BCUT2D eigenvalue weighted by molar-refractivity contribution is 7.90. The molecular formula is C18H21F3O4S. The van der Waals surface area contributed by atoms with E-state index in [1.54, 1.807) is 6.08 Å². The summed E-state index contributed by atoms with van der Waals surface area (Å²) in [4.78, 5) is 11.3. The van der Waals surface area contributed by atoms with Crippen LogP contribution in [0.4, 0.5) is 13.2 Å². The largest absolute Gasteiger partial charge is 0.465 e. The van der Waals surface area contributed by atoms with Crippen molar-refractivity contribution in [2.75, 3.05) is 13.4 Å². The van der Waals surface area contributed by atoms with Crippen LogP contribution in [0.25, 0.3) is 5.57 Å². The Morgan fingerprint density at radius 3 is 2.38 bits per heavy atom. The molecule has 1 aromatic rings. The molecule has 26 heavy (non-hydrogen) atoms. The molecule has 0 N–H and O–H groups in total. The predicted octanol–water partition coefficient (Wildman–Crippen LogP) is 4.25. The lowest BCUT2D eigenvalue weighted by Crippen LogP contribution is -2.14. The van der Waals surface area contributed by atoms with Crippen LogP contribution >= 0.6 is 0 Å². The molecule has 0 saturated heterocycles. The Hall–Kier alpha value is -1.83. The van der Waals surface area contributed by atoms with Crippen LogP contribution in [0.5, 0.6) is 0 Å². The molecule has 1 aliphatic rings. The van der Waals surface area contributed by atoms with Crippen molar-refractivity contribution < 1.29 is 31.1 Å². The van der Waals surface area contributed by atoms with Crippen LogP contribution in [0.3, 0.4) is 0 Å². The molecule has 0 radical (unpaired) electrons. The van der Waals surface area contributed by atoms with Gasteiger partial charge in [-0.25, -0.2) is 13.2 Å². The Bertz CT molecular complexity index is 804. The number of rotatable bonds is 5. The molecular weight excluding hydrogens is 369 g/mol. The van der Waals surface area contributed by atoms with Crippen molar-refractivity contribution in [2.45, 2.75) is 43.2 Å². The van der Waals surface area contributed by atoms with Crippen molar-refractivity contribution in [1.29, 1.82) is 0 Å². The summed E-state index contributed by atoms with van der Waals surface area (Å²) in [7, 11) is -2.91. The average molecular weight is 390 g/mol. The topological polar surface area (TPSA) is 60.4 Å². The summed E-state index contributed by atoms with van der Waals surface area (Å²) in [6.07, 6.45) is 2.27. The van der Waals surface area contributed by atoms with E-state index in [1.165, 1.54) is 6.07 Å². The van der Waals surface area contributed by atoms with Gasteiger partial charge in [0.25, 0.3) is 0 Å². The molecule has 1 saturated carbocycles. The molecule has 1 aromatic carbocycles. The van der Waals surface area contributed by atoms with Crippen molar-refractivity contribution >= 4 is 21.4 Å². The maximum Gasteiger partial charge on any atom is 0.417 e. The summed E-state index contributed by atoms with van der Waals surface area (Å²) in [5.41, 5.74) is -1.27. The molecule has 2 rings (SSSR count). The number of halogens is 3. The van der Waals surface area contributed by atoms with Crippen LogP contribution in [0, 0.1) is 5.92 Å². The number of esters is 1. The van der Waals surface area contributed by atoms with Gasteiger partial charge in [0.1, 0.15) is 0 Å². The number of methoxy groups -OCH3 is 1. The number of benzene rings is 1. The minimum Gasteiger partial charge on any atom is -0.465 e. The fourth-order valence-corrected chi connectivity index (χ4v) is 4.09. The third-order valence-corrected chi connectivity index (χ3v) is 5.69. The van der Waals surface area contributed by atoms with E-state index >= 15 is 0 Å². The highest BCUT2D eigenvalue weighted by Crippen LogP contribution is 2.36. The fourth-order valence-electron chi connectivity index (χ4n) is 3.20. The number of hydrogen-bond acceptors (Lipinski definition) is 4. The smallest absolute Gasteiger partial charge is 0.417 e. The van der Waals surface area contributed by atoms with E-state index in [-0.39, 0.29) is 11.1 Å². The van der Waals surface area contributed by atoms with Gasteiger partial charge in [0.15, 0.2) is 9.84 Å². The van der Waals surface area contributed by atoms with Gasteiger partial charge in [-0.3, -0.25) is 0 Å². The molecule has 0 unspecified atom stereocenters. The standard InChI is InChI=1S/C18H21F3O4S/c1-25-17(22)14(9-7-12-5-3-4-6-12)13-8-10-16(26(2,23)24)15(11-13)18(19,20)21/h8-12H,3-7H2,1-2H3/b14-9+. The number of carbonyl (C=O) groups excluding carboxylic acids is 1. The third-order valence-electron chi connectivity index (χ3n) is 4.53. The number of sulfone groups is 1. The molecule has 8 heteroatoms. The van der Waals surface area contributed by atoms with Crippen LogP contribution in [-0.2, 0) is 25.5 Å². The van der Waals surface area contributed by atoms with Gasteiger partial charge < -0.3 is 4.74 Å². The van der Waals surface area contributed by atoms with Crippen molar-refractivity contribution in [2.24, 2.45) is 5.92 Å². The van der Waals surface area contributed by atoms with Gasteiger partial charge in [-0.05, 0) is 30.0 Å². The number of ether oxygens (including phenoxy) is 1. The van der Waals surface area contributed by atoms with E-state index in [0.29, 0.717) is 24.7 Å². The lowest BCUT2D eigenvalue weighted by Gasteiger charge is -2.15. The van der Waals surface area contributed by atoms with Gasteiger partial charge in [-0.2, -0.15) is 13.2 Å².